The maximum Gasteiger partial charge on any atom is 0.331 e. The van der Waals surface area contributed by atoms with E-state index in [0.29, 0.717) is 0 Å². The van der Waals surface area contributed by atoms with Gasteiger partial charge in [-0.05, 0) is 13.3 Å². The highest BCUT2D eigenvalue weighted by Gasteiger charge is 2.49. The summed E-state index contributed by atoms with van der Waals surface area (Å²) in [5.41, 5.74) is -1.04. The van der Waals surface area contributed by atoms with E-state index in [-0.39, 0.29) is 17.9 Å². The van der Waals surface area contributed by atoms with E-state index in [1.165, 1.54) is 0 Å². The van der Waals surface area contributed by atoms with Crippen LogP contribution in [0.4, 0.5) is 4.79 Å². The lowest BCUT2D eigenvalue weighted by Gasteiger charge is -2.37. The normalized spacial score (nSPS) is 32.8. The van der Waals surface area contributed by atoms with Crippen LogP contribution in [0.1, 0.15) is 19.8 Å². The minimum Gasteiger partial charge on any atom is -0.277 e. The van der Waals surface area contributed by atoms with E-state index in [2.05, 4.69) is 0 Å². The Morgan fingerprint density at radius 2 is 1.94 bits per heavy atom. The predicted molar refractivity (Wildman–Crippen MR) is 56.7 cm³/mol. The number of nitrogens with zero attached hydrogens (tertiary/aromatic N) is 1. The topological polar surface area (TPSA) is 101 Å². The lowest BCUT2D eigenvalue weighted by Crippen LogP contribution is -2.62. The molecule has 0 bridgehead atoms. The number of imide groups is 2. The molecule has 2 fully saturated rings. The summed E-state index contributed by atoms with van der Waals surface area (Å²) in [4.78, 5) is 35.1. The number of rotatable bonds is 1. The van der Waals surface area contributed by atoms with Gasteiger partial charge in [-0.15, -0.1) is 0 Å². The number of urea groups is 1. The molecule has 0 radical (unpaired) electrons. The Morgan fingerprint density at radius 3 is 2.41 bits per heavy atom. The van der Waals surface area contributed by atoms with Crippen molar-refractivity contribution in [3.63, 3.8) is 0 Å². The number of nitrogens with one attached hydrogen (secondary N) is 1. The van der Waals surface area contributed by atoms with Crippen molar-refractivity contribution in [2.45, 2.75) is 25.3 Å². The van der Waals surface area contributed by atoms with Gasteiger partial charge in [0, 0.05) is 0 Å². The van der Waals surface area contributed by atoms with Crippen LogP contribution in [-0.4, -0.2) is 48.2 Å². The Bertz CT molecular complexity index is 491. The summed E-state index contributed by atoms with van der Waals surface area (Å²) in [6, 6.07) is -0.828. The molecule has 7 nitrogen and oxygen atoms in total. The number of sulfone groups is 1. The first kappa shape index (κ1) is 12.0. The van der Waals surface area contributed by atoms with Gasteiger partial charge in [-0.2, -0.15) is 0 Å². The first-order valence-electron chi connectivity index (χ1n) is 5.11. The highest BCUT2D eigenvalue weighted by atomic mass is 32.2. The smallest absolute Gasteiger partial charge is 0.277 e. The molecule has 2 aliphatic heterocycles. The van der Waals surface area contributed by atoms with Gasteiger partial charge in [0.1, 0.15) is 6.42 Å². The second kappa shape index (κ2) is 3.52. The summed E-state index contributed by atoms with van der Waals surface area (Å²) in [5, 5.41) is 2.02. The van der Waals surface area contributed by atoms with Crippen LogP contribution >= 0.6 is 0 Å². The van der Waals surface area contributed by atoms with Crippen molar-refractivity contribution in [3.05, 3.63) is 0 Å². The molecule has 0 aromatic carbocycles. The zero-order chi connectivity index (χ0) is 12.8. The molecule has 8 heteroatoms. The third-order valence-corrected chi connectivity index (χ3v) is 4.92. The van der Waals surface area contributed by atoms with Gasteiger partial charge < -0.3 is 0 Å². The largest absolute Gasteiger partial charge is 0.331 e. The van der Waals surface area contributed by atoms with Crippen LogP contribution in [0.2, 0.25) is 0 Å². The Hall–Kier alpha value is -1.44. The summed E-state index contributed by atoms with van der Waals surface area (Å²) >= 11 is 0. The van der Waals surface area contributed by atoms with Gasteiger partial charge >= 0.3 is 6.03 Å². The molecule has 94 valence electrons. The molecular formula is C9H12N2O5S. The van der Waals surface area contributed by atoms with E-state index in [9.17, 15) is 22.8 Å². The second-order valence-corrected chi connectivity index (χ2v) is 6.78. The molecule has 2 heterocycles. The number of barbiturate groups is 1. The number of hydrogen-bond donors (Lipinski definition) is 1. The molecule has 0 saturated carbocycles. The minimum atomic E-state index is -3.22. The van der Waals surface area contributed by atoms with Crippen molar-refractivity contribution in [3.8, 4) is 0 Å². The van der Waals surface area contributed by atoms with Crippen molar-refractivity contribution in [2.24, 2.45) is 0 Å². The lowest BCUT2D eigenvalue weighted by molar-refractivity contribution is -0.139. The Morgan fingerprint density at radius 1 is 1.29 bits per heavy atom. The highest BCUT2D eigenvalue weighted by Crippen LogP contribution is 2.31. The Kier molecular flexibility index (Phi) is 2.49. The third kappa shape index (κ3) is 2.04. The minimum absolute atomic E-state index is 0.0471. The summed E-state index contributed by atoms with van der Waals surface area (Å²) in [6.07, 6.45) is -0.204. The van der Waals surface area contributed by atoms with E-state index in [1.54, 1.807) is 6.92 Å². The average molecular weight is 260 g/mol. The zero-order valence-electron chi connectivity index (χ0n) is 9.23. The first-order chi connectivity index (χ1) is 7.73. The molecule has 1 unspecified atom stereocenters. The van der Waals surface area contributed by atoms with E-state index < -0.39 is 39.6 Å². The van der Waals surface area contributed by atoms with Crippen LogP contribution < -0.4 is 5.32 Å². The monoisotopic (exact) mass is 260 g/mol. The molecule has 17 heavy (non-hydrogen) atoms. The van der Waals surface area contributed by atoms with Crippen molar-refractivity contribution in [2.75, 3.05) is 11.5 Å². The third-order valence-electron chi connectivity index (χ3n) is 3.03. The molecule has 0 spiro atoms. The predicted octanol–water partition coefficient (Wildman–Crippen LogP) is -0.968. The number of amides is 4. The van der Waals surface area contributed by atoms with Gasteiger partial charge in [0.05, 0.1) is 17.0 Å². The van der Waals surface area contributed by atoms with Crippen LogP contribution in [0, 0.1) is 0 Å². The Balaban J connectivity index is 2.31. The van der Waals surface area contributed by atoms with Crippen LogP contribution in [0.25, 0.3) is 0 Å². The SMILES string of the molecule is CC1(N2C(=O)CC(=O)NC2=O)CCS(=O)(=O)C1. The average Bonchev–Trinajstić information content (AvgIpc) is 2.38. The summed E-state index contributed by atoms with van der Waals surface area (Å²) in [7, 11) is -3.22. The molecule has 1 atom stereocenters. The van der Waals surface area contributed by atoms with Crippen LogP contribution in [0.3, 0.4) is 0 Å². The molecule has 2 rings (SSSR count). The van der Waals surface area contributed by atoms with Gasteiger partial charge in [-0.3, -0.25) is 19.8 Å². The van der Waals surface area contributed by atoms with Crippen molar-refractivity contribution in [1.29, 1.82) is 0 Å². The molecule has 2 aliphatic rings. The van der Waals surface area contributed by atoms with E-state index in [1.807, 2.05) is 5.32 Å². The fourth-order valence-corrected chi connectivity index (χ4v) is 4.38. The standard InChI is InChI=1S/C9H12N2O5S/c1-9(2-3-17(15,16)5-9)11-7(13)4-6(12)10-8(11)14/h2-5H2,1H3,(H,10,12,14). The maximum absolute atomic E-state index is 11.7. The fraction of sp³-hybridized carbons (Fsp3) is 0.667. The van der Waals surface area contributed by atoms with E-state index in [0.717, 1.165) is 4.90 Å². The number of carbonyl (C=O) groups excluding carboxylic acids is 3. The quantitative estimate of drug-likeness (QED) is 0.611. The van der Waals surface area contributed by atoms with Gasteiger partial charge in [0.25, 0.3) is 0 Å². The summed E-state index contributed by atoms with van der Waals surface area (Å²) in [6.45, 7) is 1.55. The summed E-state index contributed by atoms with van der Waals surface area (Å²) in [5.74, 6) is -1.58. The Labute approximate surface area is 98.1 Å². The molecular weight excluding hydrogens is 248 g/mol. The molecule has 0 aromatic heterocycles. The zero-order valence-corrected chi connectivity index (χ0v) is 10.0. The van der Waals surface area contributed by atoms with Crippen molar-refractivity contribution in [1.82, 2.24) is 10.2 Å². The first-order valence-corrected chi connectivity index (χ1v) is 6.93. The van der Waals surface area contributed by atoms with Crippen molar-refractivity contribution < 1.29 is 22.8 Å². The van der Waals surface area contributed by atoms with Gasteiger partial charge in [-0.25, -0.2) is 13.2 Å². The second-order valence-electron chi connectivity index (χ2n) is 4.60. The molecule has 1 N–H and O–H groups in total. The van der Waals surface area contributed by atoms with Gasteiger partial charge in [-0.1, -0.05) is 0 Å². The van der Waals surface area contributed by atoms with Gasteiger partial charge in [0.15, 0.2) is 9.84 Å². The van der Waals surface area contributed by atoms with Crippen LogP contribution in [0.5, 0.6) is 0 Å². The lowest BCUT2D eigenvalue weighted by atomic mass is 9.98. The molecule has 0 aliphatic carbocycles. The maximum atomic E-state index is 11.7. The number of carbonyl (C=O) groups is 3. The van der Waals surface area contributed by atoms with Crippen LogP contribution in [0.15, 0.2) is 0 Å². The van der Waals surface area contributed by atoms with Gasteiger partial charge in [0.2, 0.25) is 11.8 Å². The van der Waals surface area contributed by atoms with E-state index >= 15 is 0 Å². The molecule has 0 aromatic rings. The summed E-state index contributed by atoms with van der Waals surface area (Å²) < 4.78 is 22.9. The highest BCUT2D eigenvalue weighted by molar-refractivity contribution is 7.91. The molecule has 2 saturated heterocycles. The molecule has 4 amide bonds. The van der Waals surface area contributed by atoms with Crippen molar-refractivity contribution >= 4 is 27.7 Å². The van der Waals surface area contributed by atoms with E-state index in [4.69, 9.17) is 0 Å². The van der Waals surface area contributed by atoms with Crippen LogP contribution in [-0.2, 0) is 19.4 Å². The fourth-order valence-electron chi connectivity index (χ4n) is 2.27. The number of hydrogen-bond acceptors (Lipinski definition) is 5.